The third-order valence-corrected chi connectivity index (χ3v) is 4.11. The van der Waals surface area contributed by atoms with E-state index in [4.69, 9.17) is 14.2 Å². The second kappa shape index (κ2) is 8.24. The molecule has 1 heterocycles. The zero-order valence-electron chi connectivity index (χ0n) is 16.8. The predicted molar refractivity (Wildman–Crippen MR) is 93.5 cm³/mol. The Labute approximate surface area is 155 Å². The Morgan fingerprint density at radius 1 is 1.08 bits per heavy atom. The van der Waals surface area contributed by atoms with Crippen molar-refractivity contribution in [1.82, 2.24) is 4.90 Å². The molecule has 0 radical (unpaired) electrons. The van der Waals surface area contributed by atoms with E-state index in [0.29, 0.717) is 0 Å². The lowest BCUT2D eigenvalue weighted by Gasteiger charge is -2.34. The summed E-state index contributed by atoms with van der Waals surface area (Å²) in [5.41, 5.74) is -2.53. The third-order valence-electron chi connectivity index (χ3n) is 4.11. The molecule has 0 saturated carbocycles. The van der Waals surface area contributed by atoms with Gasteiger partial charge in [-0.3, -0.25) is 9.59 Å². The van der Waals surface area contributed by atoms with E-state index < -0.39 is 34.6 Å². The fraction of sp³-hybridized carbons (Fsp3) is 0.833. The number of methoxy groups -OCH3 is 2. The number of rotatable bonds is 4. The van der Waals surface area contributed by atoms with Gasteiger partial charge in [0.25, 0.3) is 0 Å². The molecule has 0 spiro atoms. The van der Waals surface area contributed by atoms with E-state index in [0.717, 1.165) is 0 Å². The fourth-order valence-corrected chi connectivity index (χ4v) is 2.80. The van der Waals surface area contributed by atoms with Crippen LogP contribution in [0.1, 0.15) is 47.5 Å². The monoisotopic (exact) mass is 373 g/mol. The molecule has 1 fully saturated rings. The fourth-order valence-electron chi connectivity index (χ4n) is 2.80. The van der Waals surface area contributed by atoms with Crippen molar-refractivity contribution in [3.63, 3.8) is 0 Å². The van der Waals surface area contributed by atoms with E-state index in [1.807, 2.05) is 13.8 Å². The maximum absolute atomic E-state index is 12.7. The Bertz CT molecular complexity index is 538. The number of hydrogen-bond acceptors (Lipinski definition) is 7. The van der Waals surface area contributed by atoms with Crippen LogP contribution < -0.4 is 0 Å². The van der Waals surface area contributed by atoms with Gasteiger partial charge in [0.15, 0.2) is 0 Å². The Kier molecular flexibility index (Phi) is 7.04. The molecule has 1 atom stereocenters. The zero-order chi connectivity index (χ0) is 20.2. The van der Waals surface area contributed by atoms with Gasteiger partial charge < -0.3 is 23.8 Å². The van der Waals surface area contributed by atoms with Crippen LogP contribution in [0, 0.1) is 5.41 Å². The van der Waals surface area contributed by atoms with Crippen LogP contribution in [-0.2, 0) is 28.5 Å². The molecule has 0 N–H and O–H groups in total. The predicted octanol–water partition coefficient (Wildman–Crippen LogP) is 2.14. The highest BCUT2D eigenvalue weighted by atomic mass is 16.6. The van der Waals surface area contributed by atoms with Crippen molar-refractivity contribution < 1.29 is 33.3 Å². The molecule has 0 bridgehead atoms. The average molecular weight is 373 g/mol. The van der Waals surface area contributed by atoms with Crippen LogP contribution in [0.25, 0.3) is 0 Å². The molecule has 1 unspecified atom stereocenters. The second-order valence-electron chi connectivity index (χ2n) is 8.23. The van der Waals surface area contributed by atoms with E-state index in [1.165, 1.54) is 19.1 Å². The lowest BCUT2D eigenvalue weighted by Crippen LogP contribution is -2.49. The van der Waals surface area contributed by atoms with Gasteiger partial charge in [-0.1, -0.05) is 0 Å². The van der Waals surface area contributed by atoms with Crippen LogP contribution >= 0.6 is 0 Å². The molecule has 0 aromatic rings. The first-order valence-corrected chi connectivity index (χ1v) is 8.61. The summed E-state index contributed by atoms with van der Waals surface area (Å²) in [7, 11) is 2.56. The Balaban J connectivity index is 3.16. The van der Waals surface area contributed by atoms with Gasteiger partial charge in [0.05, 0.1) is 33.0 Å². The normalized spacial score (nSPS) is 23.0. The highest BCUT2D eigenvalue weighted by molar-refractivity contribution is 5.80. The van der Waals surface area contributed by atoms with Crippen molar-refractivity contribution in [2.45, 2.75) is 58.7 Å². The van der Waals surface area contributed by atoms with Crippen molar-refractivity contribution in [1.29, 1.82) is 0 Å². The van der Waals surface area contributed by atoms with E-state index in [9.17, 15) is 14.4 Å². The van der Waals surface area contributed by atoms with Crippen molar-refractivity contribution in [3.05, 3.63) is 0 Å². The SMILES string of the molecule is COC(=O)CCC1(C(=O)OC)COC(C)(C)CN(C(=O)OC(C)(C)C)C1. The van der Waals surface area contributed by atoms with Crippen molar-refractivity contribution >= 4 is 18.0 Å². The second-order valence-corrected chi connectivity index (χ2v) is 8.23. The minimum absolute atomic E-state index is 0.0115. The summed E-state index contributed by atoms with van der Waals surface area (Å²) in [6.45, 7) is 9.30. The van der Waals surface area contributed by atoms with Gasteiger partial charge in [-0.25, -0.2) is 4.79 Å². The van der Waals surface area contributed by atoms with E-state index in [1.54, 1.807) is 20.8 Å². The number of hydrogen-bond donors (Lipinski definition) is 0. The molecule has 8 heteroatoms. The largest absolute Gasteiger partial charge is 0.469 e. The number of ether oxygens (including phenoxy) is 4. The minimum atomic E-state index is -1.17. The molecule has 150 valence electrons. The average Bonchev–Trinajstić information content (AvgIpc) is 2.67. The van der Waals surface area contributed by atoms with Crippen molar-refractivity contribution in [3.8, 4) is 0 Å². The molecule has 26 heavy (non-hydrogen) atoms. The molecular formula is C18H31NO7. The van der Waals surface area contributed by atoms with Crippen LogP contribution in [0.2, 0.25) is 0 Å². The Hall–Kier alpha value is -1.83. The van der Waals surface area contributed by atoms with Gasteiger partial charge in [0.2, 0.25) is 0 Å². The lowest BCUT2D eigenvalue weighted by atomic mass is 9.83. The molecular weight excluding hydrogens is 342 g/mol. The summed E-state index contributed by atoms with van der Waals surface area (Å²) in [5.74, 6) is -0.978. The molecule has 1 amide bonds. The molecule has 1 rings (SSSR count). The molecule has 1 aliphatic heterocycles. The van der Waals surface area contributed by atoms with Crippen molar-refractivity contribution in [2.75, 3.05) is 33.9 Å². The number of nitrogens with zero attached hydrogens (tertiary/aromatic N) is 1. The maximum atomic E-state index is 12.7. The molecule has 1 saturated heterocycles. The summed E-state index contributed by atoms with van der Waals surface area (Å²) < 4.78 is 21.0. The molecule has 1 aliphatic rings. The zero-order valence-corrected chi connectivity index (χ0v) is 16.8. The van der Waals surface area contributed by atoms with Crippen LogP contribution in [0.15, 0.2) is 0 Å². The van der Waals surface area contributed by atoms with Crippen LogP contribution in [0.5, 0.6) is 0 Å². The summed E-state index contributed by atoms with van der Waals surface area (Å²) in [4.78, 5) is 38.3. The summed E-state index contributed by atoms with van der Waals surface area (Å²) in [5, 5.41) is 0. The summed E-state index contributed by atoms with van der Waals surface area (Å²) in [6, 6.07) is 0. The molecule has 0 aromatic heterocycles. The number of esters is 2. The van der Waals surface area contributed by atoms with E-state index in [-0.39, 0.29) is 32.5 Å². The van der Waals surface area contributed by atoms with Crippen LogP contribution in [-0.4, -0.2) is 68.0 Å². The van der Waals surface area contributed by atoms with Gasteiger partial charge >= 0.3 is 18.0 Å². The molecule has 8 nitrogen and oxygen atoms in total. The smallest absolute Gasteiger partial charge is 0.410 e. The minimum Gasteiger partial charge on any atom is -0.469 e. The number of amides is 1. The van der Waals surface area contributed by atoms with E-state index >= 15 is 0 Å². The van der Waals surface area contributed by atoms with Gasteiger partial charge in [0, 0.05) is 13.0 Å². The number of carbonyl (C=O) groups is 3. The topological polar surface area (TPSA) is 91.4 Å². The van der Waals surface area contributed by atoms with Gasteiger partial charge in [-0.15, -0.1) is 0 Å². The van der Waals surface area contributed by atoms with Gasteiger partial charge in [-0.05, 0) is 41.0 Å². The van der Waals surface area contributed by atoms with Crippen LogP contribution in [0.3, 0.4) is 0 Å². The van der Waals surface area contributed by atoms with Gasteiger partial charge in [-0.2, -0.15) is 0 Å². The highest BCUT2D eigenvalue weighted by Crippen LogP contribution is 2.34. The standard InChI is InChI=1S/C18H31NO7/c1-16(2,3)26-15(22)19-10-17(4,5)25-12-18(11-19,14(21)24-7)9-8-13(20)23-6/h8-12H2,1-7H3. The summed E-state index contributed by atoms with van der Waals surface area (Å²) in [6.07, 6.45) is -0.387. The van der Waals surface area contributed by atoms with Crippen LogP contribution in [0.4, 0.5) is 4.79 Å². The quantitative estimate of drug-likeness (QED) is 0.551. The first-order chi connectivity index (χ1) is 11.8. The van der Waals surface area contributed by atoms with Crippen molar-refractivity contribution in [2.24, 2.45) is 5.41 Å². The highest BCUT2D eigenvalue weighted by Gasteiger charge is 2.48. The lowest BCUT2D eigenvalue weighted by molar-refractivity contribution is -0.160. The number of carbonyl (C=O) groups excluding carboxylic acids is 3. The van der Waals surface area contributed by atoms with E-state index in [2.05, 4.69) is 4.74 Å². The maximum Gasteiger partial charge on any atom is 0.410 e. The molecule has 0 aromatic carbocycles. The first-order valence-electron chi connectivity index (χ1n) is 8.61. The van der Waals surface area contributed by atoms with Gasteiger partial charge in [0.1, 0.15) is 11.0 Å². The summed E-state index contributed by atoms with van der Waals surface area (Å²) >= 11 is 0. The Morgan fingerprint density at radius 3 is 2.19 bits per heavy atom. The first kappa shape index (κ1) is 22.2. The Morgan fingerprint density at radius 2 is 1.69 bits per heavy atom. The third kappa shape index (κ3) is 6.16. The molecule has 0 aliphatic carbocycles.